The van der Waals surface area contributed by atoms with Crippen molar-refractivity contribution in [2.24, 2.45) is 0 Å². The highest BCUT2D eigenvalue weighted by atomic mass is 19.3. The van der Waals surface area contributed by atoms with E-state index in [0.717, 1.165) is 0 Å². The van der Waals surface area contributed by atoms with E-state index >= 15 is 0 Å². The molecule has 1 saturated heterocycles. The Morgan fingerprint density at radius 3 is 2.79 bits per heavy atom. The standard InChI is InChI=1S/C9H15F2NO2/c10-9(11)4-2-6-12(7-9)5-1-3-8(13)14/h1-7H2,(H,13,14). The molecule has 0 bridgehead atoms. The Balaban J connectivity index is 2.21. The minimum absolute atomic E-state index is 0.0393. The zero-order chi connectivity index (χ0) is 10.6. The zero-order valence-corrected chi connectivity index (χ0v) is 8.01. The Kier molecular flexibility index (Phi) is 3.80. The number of piperidine rings is 1. The molecule has 0 aromatic carbocycles. The van der Waals surface area contributed by atoms with Gasteiger partial charge >= 0.3 is 5.97 Å². The van der Waals surface area contributed by atoms with Gasteiger partial charge in [-0.2, -0.15) is 0 Å². The van der Waals surface area contributed by atoms with Gasteiger partial charge in [-0.3, -0.25) is 9.69 Å². The predicted molar refractivity (Wildman–Crippen MR) is 47.5 cm³/mol. The van der Waals surface area contributed by atoms with E-state index in [1.165, 1.54) is 0 Å². The molecule has 1 rings (SSSR count). The van der Waals surface area contributed by atoms with E-state index in [1.807, 2.05) is 0 Å². The Hall–Kier alpha value is -0.710. The quantitative estimate of drug-likeness (QED) is 0.760. The second kappa shape index (κ2) is 4.68. The van der Waals surface area contributed by atoms with Gasteiger partial charge in [-0.15, -0.1) is 0 Å². The van der Waals surface area contributed by atoms with E-state index in [0.29, 0.717) is 25.9 Å². The van der Waals surface area contributed by atoms with Crippen molar-refractivity contribution in [1.29, 1.82) is 0 Å². The van der Waals surface area contributed by atoms with Crippen LogP contribution in [0.4, 0.5) is 8.78 Å². The van der Waals surface area contributed by atoms with Crippen LogP contribution in [0.15, 0.2) is 0 Å². The molecule has 0 saturated carbocycles. The fourth-order valence-electron chi connectivity index (χ4n) is 1.69. The van der Waals surface area contributed by atoms with Crippen LogP contribution in [0.1, 0.15) is 25.7 Å². The fraction of sp³-hybridized carbons (Fsp3) is 0.889. The lowest BCUT2D eigenvalue weighted by Gasteiger charge is -2.32. The van der Waals surface area contributed by atoms with Gasteiger partial charge in [-0.05, 0) is 25.9 Å². The van der Waals surface area contributed by atoms with Crippen LogP contribution < -0.4 is 0 Å². The summed E-state index contributed by atoms with van der Waals surface area (Å²) in [6.07, 6.45) is 0.968. The average Bonchev–Trinajstić information content (AvgIpc) is 2.01. The molecule has 0 amide bonds. The van der Waals surface area contributed by atoms with E-state index in [2.05, 4.69) is 0 Å². The molecule has 5 heteroatoms. The van der Waals surface area contributed by atoms with Crippen molar-refractivity contribution >= 4 is 5.97 Å². The number of likely N-dealkylation sites (tertiary alicyclic amines) is 1. The number of alkyl halides is 2. The molecule has 0 aromatic rings. The molecule has 0 unspecified atom stereocenters. The summed E-state index contributed by atoms with van der Waals surface area (Å²) in [5, 5.41) is 8.38. The smallest absolute Gasteiger partial charge is 0.303 e. The van der Waals surface area contributed by atoms with Crippen LogP contribution in [0.5, 0.6) is 0 Å². The maximum absolute atomic E-state index is 12.9. The normalized spacial score (nSPS) is 22.1. The first-order valence-corrected chi connectivity index (χ1v) is 4.82. The highest BCUT2D eigenvalue weighted by molar-refractivity contribution is 5.66. The predicted octanol–water partition coefficient (Wildman–Crippen LogP) is 1.58. The van der Waals surface area contributed by atoms with Crippen LogP contribution in [0.25, 0.3) is 0 Å². The van der Waals surface area contributed by atoms with Crippen LogP contribution in [-0.4, -0.2) is 41.5 Å². The molecule has 0 radical (unpaired) electrons. The van der Waals surface area contributed by atoms with Crippen LogP contribution in [0.2, 0.25) is 0 Å². The van der Waals surface area contributed by atoms with Crippen molar-refractivity contribution in [3.63, 3.8) is 0 Å². The summed E-state index contributed by atoms with van der Waals surface area (Å²) in [6.45, 7) is 0.906. The number of halogens is 2. The van der Waals surface area contributed by atoms with Gasteiger partial charge in [-0.1, -0.05) is 0 Å². The molecule has 0 aromatic heterocycles. The first-order chi connectivity index (χ1) is 6.49. The summed E-state index contributed by atoms with van der Waals surface area (Å²) < 4.78 is 25.8. The van der Waals surface area contributed by atoms with Gasteiger partial charge in [0.15, 0.2) is 0 Å². The molecule has 1 aliphatic heterocycles. The zero-order valence-electron chi connectivity index (χ0n) is 8.01. The summed E-state index contributed by atoms with van der Waals surface area (Å²) in [7, 11) is 0. The van der Waals surface area contributed by atoms with Crippen LogP contribution in [0.3, 0.4) is 0 Å². The minimum Gasteiger partial charge on any atom is -0.481 e. The minimum atomic E-state index is -2.58. The van der Waals surface area contributed by atoms with Gasteiger partial charge in [0.2, 0.25) is 0 Å². The number of carboxylic acid groups (broad SMARTS) is 1. The summed E-state index contributed by atoms with van der Waals surface area (Å²) in [4.78, 5) is 11.8. The monoisotopic (exact) mass is 207 g/mol. The van der Waals surface area contributed by atoms with E-state index in [4.69, 9.17) is 5.11 Å². The summed E-state index contributed by atoms with van der Waals surface area (Å²) >= 11 is 0. The van der Waals surface area contributed by atoms with Crippen LogP contribution in [-0.2, 0) is 4.79 Å². The number of carboxylic acids is 1. The highest BCUT2D eigenvalue weighted by Gasteiger charge is 2.34. The number of rotatable bonds is 4. The average molecular weight is 207 g/mol. The lowest BCUT2D eigenvalue weighted by Crippen LogP contribution is -2.42. The lowest BCUT2D eigenvalue weighted by molar-refractivity contribution is -0.137. The third-order valence-electron chi connectivity index (χ3n) is 2.34. The Morgan fingerprint density at radius 2 is 2.21 bits per heavy atom. The summed E-state index contributed by atoms with van der Waals surface area (Å²) in [5.74, 6) is -3.45. The van der Waals surface area contributed by atoms with Crippen molar-refractivity contribution in [1.82, 2.24) is 4.90 Å². The summed E-state index contributed by atoms with van der Waals surface area (Å²) in [5.41, 5.74) is 0. The first-order valence-electron chi connectivity index (χ1n) is 4.82. The Labute approximate surface area is 81.7 Å². The second-order valence-corrected chi connectivity index (χ2v) is 3.73. The van der Waals surface area contributed by atoms with E-state index < -0.39 is 11.9 Å². The number of nitrogens with zero attached hydrogens (tertiary/aromatic N) is 1. The SMILES string of the molecule is O=C(O)CCCN1CCCC(F)(F)C1. The van der Waals surface area contributed by atoms with Crippen molar-refractivity contribution in [2.45, 2.75) is 31.6 Å². The van der Waals surface area contributed by atoms with Gasteiger partial charge in [0, 0.05) is 12.8 Å². The van der Waals surface area contributed by atoms with Crippen LogP contribution in [0, 0.1) is 0 Å². The van der Waals surface area contributed by atoms with Crippen LogP contribution >= 0.6 is 0 Å². The number of hydrogen-bond donors (Lipinski definition) is 1. The third-order valence-corrected chi connectivity index (χ3v) is 2.34. The molecule has 1 aliphatic rings. The Morgan fingerprint density at radius 1 is 1.50 bits per heavy atom. The number of hydrogen-bond acceptors (Lipinski definition) is 2. The lowest BCUT2D eigenvalue weighted by atomic mass is 10.1. The molecule has 0 spiro atoms. The van der Waals surface area contributed by atoms with Gasteiger partial charge in [0.05, 0.1) is 6.54 Å². The fourth-order valence-corrected chi connectivity index (χ4v) is 1.69. The topological polar surface area (TPSA) is 40.5 Å². The molecule has 1 heterocycles. The molecular weight excluding hydrogens is 192 g/mol. The third kappa shape index (κ3) is 4.00. The molecular formula is C9H15F2NO2. The molecule has 0 atom stereocenters. The second-order valence-electron chi connectivity index (χ2n) is 3.73. The molecule has 14 heavy (non-hydrogen) atoms. The number of aliphatic carboxylic acids is 1. The molecule has 3 nitrogen and oxygen atoms in total. The molecule has 0 aliphatic carbocycles. The van der Waals surface area contributed by atoms with E-state index in [1.54, 1.807) is 4.90 Å². The van der Waals surface area contributed by atoms with Gasteiger partial charge < -0.3 is 5.11 Å². The van der Waals surface area contributed by atoms with Crippen molar-refractivity contribution in [3.05, 3.63) is 0 Å². The van der Waals surface area contributed by atoms with Gasteiger partial charge in [0.25, 0.3) is 5.92 Å². The number of carbonyl (C=O) groups is 1. The Bertz CT molecular complexity index is 209. The maximum Gasteiger partial charge on any atom is 0.303 e. The van der Waals surface area contributed by atoms with E-state index in [9.17, 15) is 13.6 Å². The molecule has 82 valence electrons. The highest BCUT2D eigenvalue weighted by Crippen LogP contribution is 2.26. The van der Waals surface area contributed by atoms with Gasteiger partial charge in [0.1, 0.15) is 0 Å². The molecule has 1 fully saturated rings. The van der Waals surface area contributed by atoms with Crippen molar-refractivity contribution in [2.75, 3.05) is 19.6 Å². The largest absolute Gasteiger partial charge is 0.481 e. The maximum atomic E-state index is 12.9. The van der Waals surface area contributed by atoms with Crippen molar-refractivity contribution < 1.29 is 18.7 Å². The van der Waals surface area contributed by atoms with E-state index in [-0.39, 0.29) is 19.4 Å². The first kappa shape index (κ1) is 11.4. The van der Waals surface area contributed by atoms with Crippen molar-refractivity contribution in [3.8, 4) is 0 Å². The molecule has 1 N–H and O–H groups in total. The van der Waals surface area contributed by atoms with Gasteiger partial charge in [-0.25, -0.2) is 8.78 Å². The summed E-state index contributed by atoms with van der Waals surface area (Å²) in [6, 6.07) is 0.